The lowest BCUT2D eigenvalue weighted by Gasteiger charge is -2.36. The van der Waals surface area contributed by atoms with E-state index in [0.29, 0.717) is 32.0 Å². The van der Waals surface area contributed by atoms with Crippen LogP contribution in [0.2, 0.25) is 0 Å². The molecule has 1 aromatic carbocycles. The lowest BCUT2D eigenvalue weighted by atomic mass is 9.95. The molecule has 1 N–H and O–H groups in total. The number of amides is 2. The number of nitrogens with zero attached hydrogens (tertiary/aromatic N) is 3. The number of H-pyrrole nitrogens is 1. The van der Waals surface area contributed by atoms with Gasteiger partial charge in [-0.1, -0.05) is 30.3 Å². The van der Waals surface area contributed by atoms with Gasteiger partial charge in [-0.3, -0.25) is 14.7 Å². The first-order valence-electron chi connectivity index (χ1n) is 10.2. The number of carbonyl (C=O) groups excluding carboxylic acids is 2. The van der Waals surface area contributed by atoms with Gasteiger partial charge in [0.2, 0.25) is 11.8 Å². The summed E-state index contributed by atoms with van der Waals surface area (Å²) in [6, 6.07) is 12.5. The van der Waals surface area contributed by atoms with Crippen molar-refractivity contribution in [3.05, 3.63) is 42.1 Å². The van der Waals surface area contributed by atoms with Crippen LogP contribution in [-0.2, 0) is 16.1 Å². The third-order valence-corrected chi connectivity index (χ3v) is 5.73. The Morgan fingerprint density at radius 3 is 2.68 bits per heavy atom. The smallest absolute Gasteiger partial charge is 0.228 e. The standard InChI is InChI=1S/C22H28N4O2/c1-15(2)25(14-18-12-20(24-23-18)16-6-4-3-5-7-16)22(28)17-8-11-21(27)26(13-17)19-9-10-19/h3-7,12,15,17,19H,8-11,13-14H2,1-2H3,(H,23,24)/t17-/m0/s1. The highest BCUT2D eigenvalue weighted by Crippen LogP contribution is 2.32. The number of benzene rings is 1. The number of aromatic amines is 1. The second-order valence-electron chi connectivity index (χ2n) is 8.22. The summed E-state index contributed by atoms with van der Waals surface area (Å²) < 4.78 is 0. The van der Waals surface area contributed by atoms with Crippen LogP contribution in [0.3, 0.4) is 0 Å². The van der Waals surface area contributed by atoms with Crippen molar-refractivity contribution < 1.29 is 9.59 Å². The largest absolute Gasteiger partial charge is 0.339 e. The van der Waals surface area contributed by atoms with Gasteiger partial charge in [-0.05, 0) is 39.2 Å². The van der Waals surface area contributed by atoms with E-state index >= 15 is 0 Å². The Balaban J connectivity index is 1.46. The fourth-order valence-corrected chi connectivity index (χ4v) is 3.94. The average molecular weight is 380 g/mol. The van der Waals surface area contributed by atoms with Crippen LogP contribution in [0.15, 0.2) is 36.4 Å². The van der Waals surface area contributed by atoms with E-state index in [1.807, 2.05) is 60.0 Å². The van der Waals surface area contributed by atoms with Crippen molar-refractivity contribution in [2.24, 2.45) is 5.92 Å². The molecule has 4 rings (SSSR count). The van der Waals surface area contributed by atoms with Crippen LogP contribution in [0.25, 0.3) is 11.3 Å². The summed E-state index contributed by atoms with van der Waals surface area (Å²) in [6.45, 7) is 5.16. The van der Waals surface area contributed by atoms with Gasteiger partial charge in [-0.2, -0.15) is 5.10 Å². The van der Waals surface area contributed by atoms with Crippen LogP contribution >= 0.6 is 0 Å². The van der Waals surface area contributed by atoms with E-state index in [1.54, 1.807) is 0 Å². The predicted octanol–water partition coefficient (Wildman–Crippen LogP) is 3.21. The van der Waals surface area contributed by atoms with Gasteiger partial charge >= 0.3 is 0 Å². The van der Waals surface area contributed by atoms with Gasteiger partial charge in [0.25, 0.3) is 0 Å². The fourth-order valence-electron chi connectivity index (χ4n) is 3.94. The molecule has 6 nitrogen and oxygen atoms in total. The Kier molecular flexibility index (Phi) is 5.20. The topological polar surface area (TPSA) is 69.3 Å². The van der Waals surface area contributed by atoms with Gasteiger partial charge in [0, 0.05) is 30.6 Å². The lowest BCUT2D eigenvalue weighted by molar-refractivity contribution is -0.145. The summed E-state index contributed by atoms with van der Waals surface area (Å²) in [6.07, 6.45) is 3.30. The molecule has 0 unspecified atom stereocenters. The number of aromatic nitrogens is 2. The molecule has 1 saturated carbocycles. The fraction of sp³-hybridized carbons (Fsp3) is 0.500. The van der Waals surface area contributed by atoms with E-state index in [1.165, 1.54) is 0 Å². The molecule has 2 aromatic rings. The Morgan fingerprint density at radius 1 is 1.25 bits per heavy atom. The van der Waals surface area contributed by atoms with Gasteiger partial charge in [0.15, 0.2) is 0 Å². The number of nitrogens with one attached hydrogen (secondary N) is 1. The number of rotatable bonds is 6. The minimum atomic E-state index is -0.0998. The van der Waals surface area contributed by atoms with E-state index < -0.39 is 0 Å². The molecule has 0 spiro atoms. The van der Waals surface area contributed by atoms with Crippen molar-refractivity contribution in [2.45, 2.75) is 58.2 Å². The molecule has 1 aliphatic carbocycles. The molecule has 2 aliphatic rings. The van der Waals surface area contributed by atoms with Crippen LogP contribution in [0, 0.1) is 5.92 Å². The van der Waals surface area contributed by atoms with Crippen molar-refractivity contribution in [3.63, 3.8) is 0 Å². The molecule has 0 radical (unpaired) electrons. The number of hydrogen-bond acceptors (Lipinski definition) is 3. The molecule has 28 heavy (non-hydrogen) atoms. The van der Waals surface area contributed by atoms with E-state index in [-0.39, 0.29) is 23.8 Å². The molecular formula is C22H28N4O2. The van der Waals surface area contributed by atoms with Crippen molar-refractivity contribution >= 4 is 11.8 Å². The van der Waals surface area contributed by atoms with E-state index in [0.717, 1.165) is 29.8 Å². The Hall–Kier alpha value is -2.63. The van der Waals surface area contributed by atoms with Gasteiger partial charge in [-0.15, -0.1) is 0 Å². The quantitative estimate of drug-likeness (QED) is 0.837. The van der Waals surface area contributed by atoms with Crippen molar-refractivity contribution in [1.29, 1.82) is 0 Å². The Morgan fingerprint density at radius 2 is 2.00 bits per heavy atom. The zero-order chi connectivity index (χ0) is 19.7. The molecule has 6 heteroatoms. The molecule has 2 fully saturated rings. The number of carbonyl (C=O) groups is 2. The zero-order valence-corrected chi connectivity index (χ0v) is 16.6. The SMILES string of the molecule is CC(C)N(Cc1cc(-c2ccccc2)n[nH]1)C(=O)[C@H]1CCC(=O)N(C2CC2)C1. The van der Waals surface area contributed by atoms with Gasteiger partial charge in [-0.25, -0.2) is 0 Å². The highest BCUT2D eigenvalue weighted by atomic mass is 16.2. The molecule has 1 aliphatic heterocycles. The molecular weight excluding hydrogens is 352 g/mol. The minimum Gasteiger partial charge on any atom is -0.339 e. The molecule has 148 valence electrons. The highest BCUT2D eigenvalue weighted by Gasteiger charge is 2.40. The van der Waals surface area contributed by atoms with Crippen molar-refractivity contribution in [2.75, 3.05) is 6.54 Å². The highest BCUT2D eigenvalue weighted by molar-refractivity contribution is 5.84. The maximum absolute atomic E-state index is 13.3. The van der Waals surface area contributed by atoms with Crippen LogP contribution in [-0.4, -0.2) is 50.4 Å². The summed E-state index contributed by atoms with van der Waals surface area (Å²) in [5, 5.41) is 7.49. The number of piperidine rings is 1. The second-order valence-corrected chi connectivity index (χ2v) is 8.22. The Labute approximate surface area is 165 Å². The van der Waals surface area contributed by atoms with E-state index in [4.69, 9.17) is 0 Å². The van der Waals surface area contributed by atoms with Crippen LogP contribution in [0.4, 0.5) is 0 Å². The van der Waals surface area contributed by atoms with Crippen LogP contribution < -0.4 is 0 Å². The predicted molar refractivity (Wildman–Crippen MR) is 107 cm³/mol. The van der Waals surface area contributed by atoms with E-state index in [2.05, 4.69) is 10.2 Å². The first kappa shape index (κ1) is 18.7. The van der Waals surface area contributed by atoms with Gasteiger partial charge in [0.1, 0.15) is 0 Å². The second kappa shape index (κ2) is 7.78. The van der Waals surface area contributed by atoms with Gasteiger partial charge in [0.05, 0.1) is 23.9 Å². The molecule has 1 saturated heterocycles. The van der Waals surface area contributed by atoms with Crippen molar-refractivity contribution in [1.82, 2.24) is 20.0 Å². The summed E-state index contributed by atoms with van der Waals surface area (Å²) in [5.74, 6) is 0.255. The summed E-state index contributed by atoms with van der Waals surface area (Å²) in [5.41, 5.74) is 2.86. The number of hydrogen-bond donors (Lipinski definition) is 1. The van der Waals surface area contributed by atoms with Crippen LogP contribution in [0.5, 0.6) is 0 Å². The van der Waals surface area contributed by atoms with E-state index in [9.17, 15) is 9.59 Å². The van der Waals surface area contributed by atoms with Crippen LogP contribution in [0.1, 0.15) is 45.2 Å². The molecule has 0 bridgehead atoms. The molecule has 1 atom stereocenters. The number of likely N-dealkylation sites (tertiary alicyclic amines) is 1. The lowest BCUT2D eigenvalue weighted by Crippen LogP contribution is -2.49. The molecule has 2 heterocycles. The zero-order valence-electron chi connectivity index (χ0n) is 16.6. The summed E-state index contributed by atoms with van der Waals surface area (Å²) >= 11 is 0. The maximum atomic E-state index is 13.3. The average Bonchev–Trinajstić information content (AvgIpc) is 3.44. The molecule has 1 aromatic heterocycles. The Bertz CT molecular complexity index is 841. The maximum Gasteiger partial charge on any atom is 0.228 e. The first-order chi connectivity index (χ1) is 13.5. The molecule has 2 amide bonds. The third kappa shape index (κ3) is 3.96. The first-order valence-corrected chi connectivity index (χ1v) is 10.2. The normalized spacial score (nSPS) is 19.9. The van der Waals surface area contributed by atoms with Gasteiger partial charge < -0.3 is 9.80 Å². The minimum absolute atomic E-state index is 0.0861. The third-order valence-electron chi connectivity index (χ3n) is 5.73. The van der Waals surface area contributed by atoms with Crippen molar-refractivity contribution in [3.8, 4) is 11.3 Å². The summed E-state index contributed by atoms with van der Waals surface area (Å²) in [4.78, 5) is 29.3. The summed E-state index contributed by atoms with van der Waals surface area (Å²) in [7, 11) is 0. The monoisotopic (exact) mass is 380 g/mol.